The van der Waals surface area contributed by atoms with Crippen molar-refractivity contribution in [1.82, 2.24) is 0 Å². The normalized spacial score (nSPS) is 49.7. The van der Waals surface area contributed by atoms with E-state index >= 15 is 0 Å². The molecule has 0 unspecified atom stereocenters. The van der Waals surface area contributed by atoms with Crippen molar-refractivity contribution < 1.29 is 9.53 Å². The third kappa shape index (κ3) is 1.16. The van der Waals surface area contributed by atoms with E-state index in [9.17, 15) is 4.79 Å². The highest BCUT2D eigenvalue weighted by atomic mass is 16.6. The van der Waals surface area contributed by atoms with Gasteiger partial charge in [-0.25, -0.2) is 0 Å². The van der Waals surface area contributed by atoms with Crippen LogP contribution in [0.3, 0.4) is 0 Å². The minimum Gasteiger partial charge on any atom is -0.458 e. The van der Waals surface area contributed by atoms with Gasteiger partial charge in [-0.3, -0.25) is 4.79 Å². The molecular formula is C14H22O2. The molecule has 4 rings (SSSR count). The van der Waals surface area contributed by atoms with Crippen molar-refractivity contribution >= 4 is 5.97 Å². The van der Waals surface area contributed by atoms with Crippen molar-refractivity contribution in [2.75, 3.05) is 0 Å². The van der Waals surface area contributed by atoms with Crippen LogP contribution in [0, 0.1) is 16.7 Å². The molecular weight excluding hydrogens is 200 g/mol. The quantitative estimate of drug-likeness (QED) is 0.588. The van der Waals surface area contributed by atoms with Gasteiger partial charge in [-0.05, 0) is 50.9 Å². The Hall–Kier alpha value is -0.530. The van der Waals surface area contributed by atoms with Crippen molar-refractivity contribution in [3.8, 4) is 0 Å². The highest BCUT2D eigenvalue weighted by Gasteiger charge is 2.63. The Kier molecular flexibility index (Phi) is 1.88. The molecule has 2 aliphatic heterocycles. The Morgan fingerprint density at radius 2 is 1.88 bits per heavy atom. The SMILES string of the molecule is CC1(C)CCC[C@@]23CC[C@](C)(C[C@@H]12)C(=O)O3. The molecule has 4 aliphatic rings. The van der Waals surface area contributed by atoms with Gasteiger partial charge in [0.25, 0.3) is 0 Å². The summed E-state index contributed by atoms with van der Waals surface area (Å²) in [6.07, 6.45) is 6.80. The topological polar surface area (TPSA) is 26.3 Å². The van der Waals surface area contributed by atoms with E-state index in [0.717, 1.165) is 25.7 Å². The second kappa shape index (κ2) is 2.83. The lowest BCUT2D eigenvalue weighted by Gasteiger charge is -2.61. The average Bonchev–Trinajstić information content (AvgIpc) is 2.19. The van der Waals surface area contributed by atoms with Crippen LogP contribution >= 0.6 is 0 Å². The van der Waals surface area contributed by atoms with Crippen LogP contribution < -0.4 is 0 Å². The van der Waals surface area contributed by atoms with Crippen LogP contribution in [0.5, 0.6) is 0 Å². The van der Waals surface area contributed by atoms with E-state index < -0.39 is 0 Å². The van der Waals surface area contributed by atoms with Crippen LogP contribution in [-0.4, -0.2) is 11.6 Å². The first kappa shape index (κ1) is 10.6. The maximum Gasteiger partial charge on any atom is 0.312 e. The first-order valence-corrected chi connectivity index (χ1v) is 6.62. The smallest absolute Gasteiger partial charge is 0.312 e. The minimum atomic E-state index is -0.180. The predicted octanol–water partition coefficient (Wildman–Crippen LogP) is 3.30. The molecule has 3 atom stereocenters. The van der Waals surface area contributed by atoms with E-state index in [1.54, 1.807) is 0 Å². The molecule has 90 valence electrons. The second-order valence-corrected chi connectivity index (χ2v) is 7.11. The molecule has 0 radical (unpaired) electrons. The lowest BCUT2D eigenvalue weighted by molar-refractivity contribution is -0.239. The van der Waals surface area contributed by atoms with Gasteiger partial charge < -0.3 is 4.74 Å². The van der Waals surface area contributed by atoms with Crippen molar-refractivity contribution in [3.05, 3.63) is 0 Å². The Morgan fingerprint density at radius 1 is 1.12 bits per heavy atom. The summed E-state index contributed by atoms with van der Waals surface area (Å²) in [6.45, 7) is 6.82. The van der Waals surface area contributed by atoms with Gasteiger partial charge in [0.05, 0.1) is 5.41 Å². The first-order chi connectivity index (χ1) is 7.38. The maximum atomic E-state index is 12.0. The summed E-state index contributed by atoms with van der Waals surface area (Å²) in [4.78, 5) is 12.0. The molecule has 2 heteroatoms. The molecule has 0 aromatic rings. The third-order valence-corrected chi connectivity index (χ3v) is 5.54. The number of hydrogen-bond donors (Lipinski definition) is 0. The molecule has 0 aromatic heterocycles. The molecule has 16 heavy (non-hydrogen) atoms. The lowest BCUT2D eigenvalue weighted by Crippen LogP contribution is -2.63. The van der Waals surface area contributed by atoms with Gasteiger partial charge >= 0.3 is 5.97 Å². The number of hydrogen-bond acceptors (Lipinski definition) is 2. The molecule has 0 aromatic carbocycles. The fraction of sp³-hybridized carbons (Fsp3) is 0.929. The summed E-state index contributed by atoms with van der Waals surface area (Å²) in [5, 5.41) is 0. The summed E-state index contributed by atoms with van der Waals surface area (Å²) in [5.74, 6) is 0.665. The lowest BCUT2D eigenvalue weighted by atomic mass is 9.50. The fourth-order valence-corrected chi connectivity index (χ4v) is 4.37. The number of carbonyl (C=O) groups excluding carboxylic acids is 1. The van der Waals surface area contributed by atoms with Gasteiger partial charge in [-0.2, -0.15) is 0 Å². The van der Waals surface area contributed by atoms with Crippen LogP contribution in [0.2, 0.25) is 0 Å². The molecule has 2 saturated heterocycles. The Morgan fingerprint density at radius 3 is 2.56 bits per heavy atom. The van der Waals surface area contributed by atoms with Gasteiger partial charge in [0.1, 0.15) is 5.60 Å². The molecule has 4 fully saturated rings. The van der Waals surface area contributed by atoms with Gasteiger partial charge in [0.2, 0.25) is 0 Å². The van der Waals surface area contributed by atoms with E-state index in [1.807, 2.05) is 0 Å². The molecule has 2 bridgehead atoms. The Balaban J connectivity index is 2.02. The summed E-state index contributed by atoms with van der Waals surface area (Å²) >= 11 is 0. The number of esters is 1. The number of fused-ring (bicyclic) bond motifs is 2. The summed E-state index contributed by atoms with van der Waals surface area (Å²) in [7, 11) is 0. The highest BCUT2D eigenvalue weighted by Crippen LogP contribution is 2.62. The van der Waals surface area contributed by atoms with Gasteiger partial charge in [0.15, 0.2) is 0 Å². The van der Waals surface area contributed by atoms with E-state index in [0.29, 0.717) is 11.3 Å². The van der Waals surface area contributed by atoms with Crippen LogP contribution in [0.15, 0.2) is 0 Å². The predicted molar refractivity (Wildman–Crippen MR) is 61.9 cm³/mol. The van der Waals surface area contributed by atoms with Crippen molar-refractivity contribution in [2.45, 2.75) is 64.9 Å². The maximum absolute atomic E-state index is 12.0. The van der Waals surface area contributed by atoms with Crippen LogP contribution in [0.1, 0.15) is 59.3 Å². The monoisotopic (exact) mass is 222 g/mol. The van der Waals surface area contributed by atoms with E-state index in [1.165, 1.54) is 12.8 Å². The van der Waals surface area contributed by atoms with Crippen molar-refractivity contribution in [3.63, 3.8) is 0 Å². The van der Waals surface area contributed by atoms with Crippen LogP contribution in [-0.2, 0) is 9.53 Å². The standard InChI is InChI=1S/C14H22O2/c1-12(2)5-4-6-14-8-7-13(3,9-10(12)14)11(15)16-14/h10H,4-9H2,1-3H3/t10-,13+,14+/m0/s1. The first-order valence-electron chi connectivity index (χ1n) is 6.62. The zero-order valence-electron chi connectivity index (χ0n) is 10.6. The average molecular weight is 222 g/mol. The van der Waals surface area contributed by atoms with Gasteiger partial charge in [0, 0.05) is 5.92 Å². The fourth-order valence-electron chi connectivity index (χ4n) is 4.37. The second-order valence-electron chi connectivity index (χ2n) is 7.11. The zero-order valence-corrected chi connectivity index (χ0v) is 10.6. The zero-order chi connectivity index (χ0) is 11.6. The number of rotatable bonds is 0. The summed E-state index contributed by atoms with van der Waals surface area (Å²) < 4.78 is 5.88. The minimum absolute atomic E-state index is 0.0766. The van der Waals surface area contributed by atoms with Crippen LogP contribution in [0.25, 0.3) is 0 Å². The molecule has 2 saturated carbocycles. The Bertz CT molecular complexity index is 347. The van der Waals surface area contributed by atoms with Crippen molar-refractivity contribution in [2.24, 2.45) is 16.7 Å². The summed E-state index contributed by atoms with van der Waals surface area (Å²) in [5.41, 5.74) is 0.0816. The molecule has 1 spiro atoms. The van der Waals surface area contributed by atoms with Gasteiger partial charge in [-0.15, -0.1) is 0 Å². The molecule has 2 heterocycles. The van der Waals surface area contributed by atoms with E-state index in [4.69, 9.17) is 4.74 Å². The van der Waals surface area contributed by atoms with Crippen LogP contribution in [0.4, 0.5) is 0 Å². The van der Waals surface area contributed by atoms with Crippen molar-refractivity contribution in [1.29, 1.82) is 0 Å². The molecule has 2 nitrogen and oxygen atoms in total. The number of carbonyl (C=O) groups is 1. The van der Waals surface area contributed by atoms with Gasteiger partial charge in [-0.1, -0.05) is 13.8 Å². The van der Waals surface area contributed by atoms with E-state index in [2.05, 4.69) is 20.8 Å². The van der Waals surface area contributed by atoms with E-state index in [-0.39, 0.29) is 17.0 Å². The Labute approximate surface area is 97.7 Å². The largest absolute Gasteiger partial charge is 0.458 e. The number of ether oxygens (including phenoxy) is 1. The molecule has 0 N–H and O–H groups in total. The third-order valence-electron chi connectivity index (χ3n) is 5.54. The molecule has 2 aliphatic carbocycles. The highest BCUT2D eigenvalue weighted by molar-refractivity contribution is 5.79. The summed E-state index contributed by atoms with van der Waals surface area (Å²) in [6, 6.07) is 0. The molecule has 0 amide bonds.